The lowest BCUT2D eigenvalue weighted by molar-refractivity contribution is -0.125. The van der Waals surface area contributed by atoms with E-state index < -0.39 is 11.4 Å². The number of nitrogens with one attached hydrogen (secondary N) is 1. The van der Waals surface area contributed by atoms with E-state index in [-0.39, 0.29) is 12.6 Å². The van der Waals surface area contributed by atoms with Gasteiger partial charge in [-0.3, -0.25) is 10.1 Å². The zero-order valence-electron chi connectivity index (χ0n) is 14.0. The van der Waals surface area contributed by atoms with Crippen molar-refractivity contribution in [3.8, 4) is 5.75 Å². The van der Waals surface area contributed by atoms with Gasteiger partial charge in [-0.2, -0.15) is 0 Å². The van der Waals surface area contributed by atoms with Crippen LogP contribution in [-0.4, -0.2) is 24.1 Å². The van der Waals surface area contributed by atoms with Crippen LogP contribution in [0.15, 0.2) is 18.2 Å². The Bertz CT molecular complexity index is 498. The number of rotatable bonds is 7. The molecule has 1 rings (SSSR count). The summed E-state index contributed by atoms with van der Waals surface area (Å²) >= 11 is 0. The van der Waals surface area contributed by atoms with Gasteiger partial charge in [0.25, 0.3) is 0 Å². The molecular formula is C17H28N2O2. The smallest absolute Gasteiger partial charge is 0.240 e. The fourth-order valence-electron chi connectivity index (χ4n) is 2.17. The molecule has 0 spiro atoms. The molecule has 4 nitrogen and oxygen atoms in total. The predicted molar refractivity (Wildman–Crippen MR) is 86.6 cm³/mol. The molecule has 3 N–H and O–H groups in total. The normalized spacial score (nSPS) is 14.3. The highest BCUT2D eigenvalue weighted by Gasteiger charge is 2.32. The van der Waals surface area contributed by atoms with Crippen LogP contribution in [0.4, 0.5) is 0 Å². The maximum Gasteiger partial charge on any atom is 0.240 e. The molecule has 0 aliphatic heterocycles. The molecule has 118 valence electrons. The molecule has 0 saturated heterocycles. The largest absolute Gasteiger partial charge is 0.491 e. The van der Waals surface area contributed by atoms with Crippen LogP contribution in [0.2, 0.25) is 0 Å². The standard InChI is InChI=1S/C17H28N2O2/c1-11(2)14-8-7-13(5)15(9-14)21-10-17(6,16(18)20)19-12(3)4/h7-9,11-12,19H,10H2,1-6H3,(H2,18,20). The Hall–Kier alpha value is -1.55. The average Bonchev–Trinajstić information content (AvgIpc) is 2.36. The number of amides is 1. The summed E-state index contributed by atoms with van der Waals surface area (Å²) in [5.74, 6) is 0.831. The van der Waals surface area contributed by atoms with E-state index in [0.29, 0.717) is 5.92 Å². The molecule has 0 saturated carbocycles. The van der Waals surface area contributed by atoms with Crippen molar-refractivity contribution in [1.29, 1.82) is 0 Å². The highest BCUT2D eigenvalue weighted by Crippen LogP contribution is 2.25. The summed E-state index contributed by atoms with van der Waals surface area (Å²) < 4.78 is 5.89. The number of nitrogens with two attached hydrogens (primary N) is 1. The summed E-state index contributed by atoms with van der Waals surface area (Å²) in [4.78, 5) is 11.7. The van der Waals surface area contributed by atoms with E-state index >= 15 is 0 Å². The Balaban J connectivity index is 2.90. The van der Waals surface area contributed by atoms with Gasteiger partial charge in [-0.05, 0) is 50.8 Å². The van der Waals surface area contributed by atoms with E-state index in [9.17, 15) is 4.79 Å². The second kappa shape index (κ2) is 6.94. The molecule has 0 radical (unpaired) electrons. The molecule has 0 aliphatic carbocycles. The SMILES string of the molecule is Cc1ccc(C(C)C)cc1OCC(C)(NC(C)C)C(N)=O. The van der Waals surface area contributed by atoms with Crippen molar-refractivity contribution in [3.05, 3.63) is 29.3 Å². The van der Waals surface area contributed by atoms with Crippen LogP contribution in [-0.2, 0) is 4.79 Å². The van der Waals surface area contributed by atoms with Crippen LogP contribution < -0.4 is 15.8 Å². The number of hydrogen-bond acceptors (Lipinski definition) is 3. The quantitative estimate of drug-likeness (QED) is 0.812. The van der Waals surface area contributed by atoms with Gasteiger partial charge in [0.05, 0.1) is 0 Å². The van der Waals surface area contributed by atoms with Crippen molar-refractivity contribution >= 4 is 5.91 Å². The summed E-state index contributed by atoms with van der Waals surface area (Å²) in [6, 6.07) is 6.33. The zero-order valence-corrected chi connectivity index (χ0v) is 14.0. The molecule has 0 fully saturated rings. The summed E-state index contributed by atoms with van der Waals surface area (Å²) in [5, 5.41) is 3.18. The third-order valence-electron chi connectivity index (χ3n) is 3.55. The van der Waals surface area contributed by atoms with Gasteiger partial charge in [-0.25, -0.2) is 0 Å². The highest BCUT2D eigenvalue weighted by molar-refractivity contribution is 5.84. The fourth-order valence-corrected chi connectivity index (χ4v) is 2.17. The first-order valence-electron chi connectivity index (χ1n) is 7.46. The first-order valence-corrected chi connectivity index (χ1v) is 7.46. The topological polar surface area (TPSA) is 64.3 Å². The van der Waals surface area contributed by atoms with Crippen LogP contribution in [0.3, 0.4) is 0 Å². The number of hydrogen-bond donors (Lipinski definition) is 2. The minimum absolute atomic E-state index is 0.147. The molecule has 0 bridgehead atoms. The summed E-state index contributed by atoms with van der Waals surface area (Å²) in [5.41, 5.74) is 6.91. The molecule has 1 aromatic rings. The van der Waals surface area contributed by atoms with Crippen molar-refractivity contribution in [2.75, 3.05) is 6.61 Å². The molecule has 0 heterocycles. The Morgan fingerprint density at radius 2 is 1.95 bits per heavy atom. The number of primary amides is 1. The molecule has 1 amide bonds. The molecule has 1 aromatic carbocycles. The van der Waals surface area contributed by atoms with Gasteiger partial charge >= 0.3 is 0 Å². The minimum atomic E-state index is -0.881. The number of aryl methyl sites for hydroxylation is 1. The lowest BCUT2D eigenvalue weighted by atomic mass is 10.0. The average molecular weight is 292 g/mol. The Morgan fingerprint density at radius 1 is 1.33 bits per heavy atom. The third kappa shape index (κ3) is 4.74. The molecule has 21 heavy (non-hydrogen) atoms. The Kier molecular flexibility index (Phi) is 5.78. The summed E-state index contributed by atoms with van der Waals surface area (Å²) in [7, 11) is 0. The Morgan fingerprint density at radius 3 is 2.43 bits per heavy atom. The van der Waals surface area contributed by atoms with E-state index in [4.69, 9.17) is 10.5 Å². The van der Waals surface area contributed by atoms with Gasteiger partial charge < -0.3 is 10.5 Å². The van der Waals surface area contributed by atoms with Crippen molar-refractivity contribution < 1.29 is 9.53 Å². The van der Waals surface area contributed by atoms with Crippen LogP contribution in [0, 0.1) is 6.92 Å². The van der Waals surface area contributed by atoms with Gasteiger partial charge in [-0.1, -0.05) is 26.0 Å². The summed E-state index contributed by atoms with van der Waals surface area (Å²) in [6.45, 7) is 12.2. The molecule has 4 heteroatoms. The van der Waals surface area contributed by atoms with E-state index in [1.165, 1.54) is 5.56 Å². The van der Waals surface area contributed by atoms with Gasteiger partial charge in [0.15, 0.2) is 0 Å². The van der Waals surface area contributed by atoms with E-state index in [1.54, 1.807) is 6.92 Å². The van der Waals surface area contributed by atoms with Gasteiger partial charge in [-0.15, -0.1) is 0 Å². The fraction of sp³-hybridized carbons (Fsp3) is 0.588. The van der Waals surface area contributed by atoms with Gasteiger partial charge in [0, 0.05) is 6.04 Å². The molecule has 1 unspecified atom stereocenters. The van der Waals surface area contributed by atoms with Crippen LogP contribution in [0.1, 0.15) is 51.7 Å². The van der Waals surface area contributed by atoms with Crippen LogP contribution in [0.25, 0.3) is 0 Å². The van der Waals surface area contributed by atoms with Gasteiger partial charge in [0.2, 0.25) is 5.91 Å². The van der Waals surface area contributed by atoms with Crippen molar-refractivity contribution in [2.24, 2.45) is 5.73 Å². The minimum Gasteiger partial charge on any atom is -0.491 e. The maximum atomic E-state index is 11.7. The van der Waals surface area contributed by atoms with Crippen molar-refractivity contribution in [3.63, 3.8) is 0 Å². The van der Waals surface area contributed by atoms with Crippen LogP contribution in [0.5, 0.6) is 5.75 Å². The van der Waals surface area contributed by atoms with Crippen molar-refractivity contribution in [1.82, 2.24) is 5.32 Å². The first kappa shape index (κ1) is 17.5. The number of benzene rings is 1. The first-order chi connectivity index (χ1) is 9.65. The maximum absolute atomic E-state index is 11.7. The second-order valence-electron chi connectivity index (χ2n) is 6.46. The molecular weight excluding hydrogens is 264 g/mol. The lowest BCUT2D eigenvalue weighted by Crippen LogP contribution is -2.59. The molecule has 0 aromatic heterocycles. The Labute approximate surface area is 128 Å². The van der Waals surface area contributed by atoms with E-state index in [2.05, 4.69) is 25.2 Å². The number of ether oxygens (including phenoxy) is 1. The lowest BCUT2D eigenvalue weighted by Gasteiger charge is -2.30. The third-order valence-corrected chi connectivity index (χ3v) is 3.55. The van der Waals surface area contributed by atoms with Crippen LogP contribution >= 0.6 is 0 Å². The molecule has 1 atom stereocenters. The highest BCUT2D eigenvalue weighted by atomic mass is 16.5. The van der Waals surface area contributed by atoms with Gasteiger partial charge in [0.1, 0.15) is 17.9 Å². The number of carbonyl (C=O) groups is 1. The zero-order chi connectivity index (χ0) is 16.2. The monoisotopic (exact) mass is 292 g/mol. The van der Waals surface area contributed by atoms with E-state index in [1.807, 2.05) is 32.9 Å². The number of carbonyl (C=O) groups excluding carboxylic acids is 1. The predicted octanol–water partition coefficient (Wildman–Crippen LogP) is 2.74. The van der Waals surface area contributed by atoms with Crippen molar-refractivity contribution in [2.45, 2.75) is 59.0 Å². The summed E-state index contributed by atoms with van der Waals surface area (Å²) in [6.07, 6.45) is 0. The molecule has 0 aliphatic rings. The second-order valence-corrected chi connectivity index (χ2v) is 6.46. The van der Waals surface area contributed by atoms with E-state index in [0.717, 1.165) is 11.3 Å².